The summed E-state index contributed by atoms with van der Waals surface area (Å²) in [6, 6.07) is 2.48. The van der Waals surface area contributed by atoms with E-state index in [9.17, 15) is 15.2 Å². The van der Waals surface area contributed by atoms with Gasteiger partial charge >= 0.3 is 5.69 Å². The van der Waals surface area contributed by atoms with Crippen molar-refractivity contribution in [3.8, 4) is 11.5 Å². The van der Waals surface area contributed by atoms with Gasteiger partial charge in [-0.1, -0.05) is 0 Å². The average Bonchev–Trinajstić information content (AvgIpc) is 2.07. The zero-order valence-electron chi connectivity index (χ0n) is 6.85. The molecule has 0 bridgehead atoms. The van der Waals surface area contributed by atoms with Gasteiger partial charge < -0.3 is 9.84 Å². The molecular weight excluding hydrogens is 174 g/mol. The Kier molecular flexibility index (Phi) is 2.36. The molecule has 1 rings (SSSR count). The van der Waals surface area contributed by atoms with Crippen LogP contribution in [0.25, 0.3) is 0 Å². The van der Waals surface area contributed by atoms with Gasteiger partial charge in [0, 0.05) is 12.5 Å². The minimum absolute atomic E-state index is 0.0420. The molecule has 0 spiro atoms. The Morgan fingerprint density at radius 3 is 2.62 bits per heavy atom. The summed E-state index contributed by atoms with van der Waals surface area (Å²) >= 11 is 0. The summed E-state index contributed by atoms with van der Waals surface area (Å²) < 4.78 is 4.65. The van der Waals surface area contributed by atoms with E-state index in [-0.39, 0.29) is 17.1 Å². The normalized spacial score (nSPS) is 9.69. The van der Waals surface area contributed by atoms with Gasteiger partial charge in [0.2, 0.25) is 5.75 Å². The van der Waals surface area contributed by atoms with Crippen molar-refractivity contribution in [2.24, 2.45) is 0 Å². The Balaban J connectivity index is 3.43. The number of rotatable bonds is 2. The Labute approximate surface area is 74.7 Å². The lowest BCUT2D eigenvalue weighted by Gasteiger charge is -2.05. The fourth-order valence-electron chi connectivity index (χ4n) is 0.965. The Bertz CT molecular complexity index is 348. The number of ether oxygens (including phenoxy) is 1. The molecule has 5 heteroatoms. The largest absolute Gasteiger partial charge is 0.504 e. The highest BCUT2D eigenvalue weighted by Gasteiger charge is 2.21. The maximum atomic E-state index is 10.5. The molecule has 2 radical (unpaired) electrons. The van der Waals surface area contributed by atoms with Crippen molar-refractivity contribution < 1.29 is 14.8 Å². The first-order chi connectivity index (χ1) is 6.07. The number of nitrogens with zero attached hydrogens (tertiary/aromatic N) is 1. The van der Waals surface area contributed by atoms with Crippen molar-refractivity contribution in [3.05, 3.63) is 34.7 Å². The zero-order valence-corrected chi connectivity index (χ0v) is 6.85. The second-order valence-electron chi connectivity index (χ2n) is 2.31. The number of methoxy groups -OCH3 is 1. The van der Waals surface area contributed by atoms with Crippen molar-refractivity contribution in [2.75, 3.05) is 7.11 Å². The van der Waals surface area contributed by atoms with Crippen LogP contribution in [0.15, 0.2) is 12.1 Å². The molecule has 5 nitrogen and oxygen atoms in total. The van der Waals surface area contributed by atoms with Crippen molar-refractivity contribution >= 4 is 5.69 Å². The van der Waals surface area contributed by atoms with E-state index in [0.717, 1.165) is 0 Å². The molecule has 13 heavy (non-hydrogen) atoms. The molecule has 0 fully saturated rings. The summed E-state index contributed by atoms with van der Waals surface area (Å²) in [5.41, 5.74) is -0.456. The molecule has 0 saturated carbocycles. The highest BCUT2D eigenvalue weighted by atomic mass is 16.6. The second kappa shape index (κ2) is 3.30. The van der Waals surface area contributed by atoms with E-state index in [4.69, 9.17) is 6.92 Å². The summed E-state index contributed by atoms with van der Waals surface area (Å²) in [4.78, 5) is 9.79. The number of hydrogen-bond acceptors (Lipinski definition) is 4. The number of hydrogen-bond donors (Lipinski definition) is 1. The van der Waals surface area contributed by atoms with Crippen molar-refractivity contribution in [1.82, 2.24) is 0 Å². The first-order valence-electron chi connectivity index (χ1n) is 3.37. The SMILES string of the molecule is [CH]c1ccc(O)c(OC)c1[N+](=O)[O-]. The van der Waals surface area contributed by atoms with Crippen LogP contribution in [0.4, 0.5) is 5.69 Å². The molecule has 0 unspecified atom stereocenters. The van der Waals surface area contributed by atoms with E-state index in [2.05, 4.69) is 4.74 Å². The maximum Gasteiger partial charge on any atom is 0.318 e. The number of phenols is 1. The van der Waals surface area contributed by atoms with E-state index in [1.165, 1.54) is 19.2 Å². The molecule has 0 aromatic heterocycles. The zero-order chi connectivity index (χ0) is 10.0. The number of benzene rings is 1. The van der Waals surface area contributed by atoms with Gasteiger partial charge in [-0.05, 0) is 12.1 Å². The quantitative estimate of drug-likeness (QED) is 0.552. The maximum absolute atomic E-state index is 10.5. The van der Waals surface area contributed by atoms with Crippen LogP contribution in [-0.2, 0) is 0 Å². The predicted molar refractivity (Wildman–Crippen MR) is 44.7 cm³/mol. The summed E-state index contributed by atoms with van der Waals surface area (Å²) in [5, 5.41) is 19.7. The van der Waals surface area contributed by atoms with E-state index < -0.39 is 10.6 Å². The van der Waals surface area contributed by atoms with Gasteiger partial charge in [-0.2, -0.15) is 0 Å². The third-order valence-electron chi connectivity index (χ3n) is 1.53. The molecule has 0 atom stereocenters. The molecule has 1 aromatic rings. The van der Waals surface area contributed by atoms with E-state index >= 15 is 0 Å². The van der Waals surface area contributed by atoms with Crippen LogP contribution >= 0.6 is 0 Å². The highest BCUT2D eigenvalue weighted by molar-refractivity contribution is 5.60. The van der Waals surface area contributed by atoms with Crippen LogP contribution in [0, 0.1) is 17.0 Å². The standard InChI is InChI=1S/C8H7NO4/c1-5-3-4-6(10)8(13-2)7(5)9(11)12/h1,3-4,10H,2H3. The van der Waals surface area contributed by atoms with Crippen LogP contribution in [-0.4, -0.2) is 17.1 Å². The second-order valence-corrected chi connectivity index (χ2v) is 2.31. The monoisotopic (exact) mass is 181 g/mol. The molecule has 0 aliphatic rings. The van der Waals surface area contributed by atoms with Gasteiger partial charge in [-0.25, -0.2) is 0 Å². The van der Waals surface area contributed by atoms with Crippen LogP contribution in [0.3, 0.4) is 0 Å². The molecule has 68 valence electrons. The van der Waals surface area contributed by atoms with Gasteiger partial charge in [0.05, 0.1) is 12.0 Å². The first-order valence-corrected chi connectivity index (χ1v) is 3.37. The molecule has 1 aromatic carbocycles. The summed E-state index contributed by atoms with van der Waals surface area (Å²) in [6.07, 6.45) is 0. The van der Waals surface area contributed by atoms with Crippen LogP contribution in [0.1, 0.15) is 5.56 Å². The van der Waals surface area contributed by atoms with Crippen LogP contribution in [0.2, 0.25) is 0 Å². The van der Waals surface area contributed by atoms with Crippen LogP contribution in [0.5, 0.6) is 11.5 Å². The number of nitro benzene ring substituents is 1. The Morgan fingerprint density at radius 1 is 1.62 bits per heavy atom. The van der Waals surface area contributed by atoms with Gasteiger partial charge in [0.1, 0.15) is 0 Å². The topological polar surface area (TPSA) is 72.6 Å². The Hall–Kier alpha value is -1.78. The van der Waals surface area contributed by atoms with Gasteiger partial charge in [-0.3, -0.25) is 10.1 Å². The van der Waals surface area contributed by atoms with Crippen LogP contribution < -0.4 is 4.74 Å². The van der Waals surface area contributed by atoms with Gasteiger partial charge in [0.25, 0.3) is 0 Å². The lowest BCUT2D eigenvalue weighted by molar-refractivity contribution is -0.386. The summed E-state index contributed by atoms with van der Waals surface area (Å²) in [6.45, 7) is 5.33. The number of aromatic hydroxyl groups is 1. The van der Waals surface area contributed by atoms with Crippen molar-refractivity contribution in [1.29, 1.82) is 0 Å². The smallest absolute Gasteiger partial charge is 0.318 e. The predicted octanol–water partition coefficient (Wildman–Crippen LogP) is 1.37. The minimum Gasteiger partial charge on any atom is -0.504 e. The molecule has 0 saturated heterocycles. The number of phenolic OH excluding ortho intramolecular Hbond substituents is 1. The third kappa shape index (κ3) is 1.53. The lowest BCUT2D eigenvalue weighted by atomic mass is 10.2. The lowest BCUT2D eigenvalue weighted by Crippen LogP contribution is -1.96. The van der Waals surface area contributed by atoms with E-state index in [0.29, 0.717) is 0 Å². The summed E-state index contributed by atoms with van der Waals surface area (Å²) in [5.74, 6) is -0.520. The van der Waals surface area contributed by atoms with Gasteiger partial charge in [0.15, 0.2) is 5.75 Å². The first kappa shape index (κ1) is 9.31. The molecule has 1 N–H and O–H groups in total. The van der Waals surface area contributed by atoms with E-state index in [1.54, 1.807) is 0 Å². The average molecular weight is 181 g/mol. The Morgan fingerprint density at radius 2 is 2.23 bits per heavy atom. The molecular formula is C8H7NO4. The number of nitro groups is 1. The molecule has 0 heterocycles. The fourth-order valence-corrected chi connectivity index (χ4v) is 0.965. The summed E-state index contributed by atoms with van der Waals surface area (Å²) in [7, 11) is 1.22. The van der Waals surface area contributed by atoms with E-state index in [1.807, 2.05) is 0 Å². The molecule has 0 amide bonds. The molecule has 0 aliphatic carbocycles. The molecule has 0 aliphatic heterocycles. The fraction of sp³-hybridized carbons (Fsp3) is 0.125. The minimum atomic E-state index is -0.701. The van der Waals surface area contributed by atoms with Crippen molar-refractivity contribution in [2.45, 2.75) is 0 Å². The van der Waals surface area contributed by atoms with Crippen molar-refractivity contribution in [3.63, 3.8) is 0 Å². The highest BCUT2D eigenvalue weighted by Crippen LogP contribution is 2.37. The third-order valence-corrected chi connectivity index (χ3v) is 1.53. The van der Waals surface area contributed by atoms with Gasteiger partial charge in [-0.15, -0.1) is 0 Å².